The van der Waals surface area contributed by atoms with Gasteiger partial charge in [0, 0.05) is 6.07 Å². The van der Waals surface area contributed by atoms with Crippen LogP contribution in [0.5, 0.6) is 0 Å². The predicted octanol–water partition coefficient (Wildman–Crippen LogP) is 1.59. The van der Waals surface area contributed by atoms with E-state index in [0.29, 0.717) is 0 Å². The summed E-state index contributed by atoms with van der Waals surface area (Å²) in [6.45, 7) is 0. The van der Waals surface area contributed by atoms with Gasteiger partial charge in [-0.2, -0.15) is 17.9 Å². The molecule has 1 aromatic carbocycles. The number of alkyl halides is 3. The molecule has 0 aliphatic rings. The summed E-state index contributed by atoms with van der Waals surface area (Å²) >= 11 is 0. The number of para-hydroxylation sites is 2. The maximum atomic E-state index is 12.6. The zero-order valence-corrected chi connectivity index (χ0v) is 8.50. The summed E-state index contributed by atoms with van der Waals surface area (Å²) in [6.07, 6.45) is -4.80. The summed E-state index contributed by atoms with van der Waals surface area (Å²) in [4.78, 5) is 9.91. The van der Waals surface area contributed by atoms with Crippen LogP contribution in [-0.4, -0.2) is 25.1 Å². The van der Waals surface area contributed by atoms with Crippen molar-refractivity contribution >= 4 is 5.69 Å². The Balaban J connectivity index is 2.64. The van der Waals surface area contributed by atoms with Crippen molar-refractivity contribution < 1.29 is 18.1 Å². The number of tetrazole rings is 1. The number of hydrogen-bond donors (Lipinski definition) is 0. The van der Waals surface area contributed by atoms with Gasteiger partial charge in [-0.1, -0.05) is 12.1 Å². The van der Waals surface area contributed by atoms with Crippen LogP contribution in [0.2, 0.25) is 0 Å². The molecule has 0 radical (unpaired) electrons. The highest BCUT2D eigenvalue weighted by atomic mass is 19.4. The molecule has 0 saturated carbocycles. The Kier molecular flexibility index (Phi) is 2.69. The fourth-order valence-electron chi connectivity index (χ4n) is 1.32. The van der Waals surface area contributed by atoms with Gasteiger partial charge in [0.2, 0.25) is 0 Å². The second kappa shape index (κ2) is 4.05. The molecular formula is C8H4F3N5O2. The van der Waals surface area contributed by atoms with E-state index in [1.165, 1.54) is 12.1 Å². The van der Waals surface area contributed by atoms with Gasteiger partial charge in [0.1, 0.15) is 5.69 Å². The second-order valence-corrected chi connectivity index (χ2v) is 3.16. The lowest BCUT2D eigenvalue weighted by atomic mass is 10.2. The van der Waals surface area contributed by atoms with Crippen molar-refractivity contribution in [3.8, 4) is 5.69 Å². The van der Waals surface area contributed by atoms with Crippen molar-refractivity contribution in [3.05, 3.63) is 40.2 Å². The molecule has 0 unspecified atom stereocenters. The Morgan fingerprint density at radius 3 is 2.56 bits per heavy atom. The van der Waals surface area contributed by atoms with E-state index in [0.717, 1.165) is 12.1 Å². The molecule has 2 aromatic rings. The van der Waals surface area contributed by atoms with E-state index in [1.54, 1.807) is 0 Å². The lowest BCUT2D eigenvalue weighted by Gasteiger charge is -2.07. The maximum Gasteiger partial charge on any atom is 0.453 e. The number of nitro benzene ring substituents is 1. The Morgan fingerprint density at radius 2 is 1.94 bits per heavy atom. The first-order valence-electron chi connectivity index (χ1n) is 4.50. The molecule has 0 aliphatic heterocycles. The summed E-state index contributed by atoms with van der Waals surface area (Å²) in [7, 11) is 0. The molecule has 1 heterocycles. The highest BCUT2D eigenvalue weighted by Gasteiger charge is 2.39. The predicted molar refractivity (Wildman–Crippen MR) is 50.8 cm³/mol. The van der Waals surface area contributed by atoms with Crippen LogP contribution in [0.1, 0.15) is 5.82 Å². The molecule has 0 atom stereocenters. The Bertz CT molecular complexity index is 594. The fraction of sp³-hybridized carbons (Fsp3) is 0.125. The van der Waals surface area contributed by atoms with Gasteiger partial charge < -0.3 is 0 Å². The Labute approximate surface area is 97.0 Å². The Hall–Kier alpha value is -2.52. The molecule has 0 N–H and O–H groups in total. The molecule has 7 nitrogen and oxygen atoms in total. The van der Waals surface area contributed by atoms with Crippen molar-refractivity contribution in [1.82, 2.24) is 20.2 Å². The van der Waals surface area contributed by atoms with E-state index in [9.17, 15) is 23.3 Å². The van der Waals surface area contributed by atoms with E-state index >= 15 is 0 Å². The van der Waals surface area contributed by atoms with E-state index in [2.05, 4.69) is 15.5 Å². The van der Waals surface area contributed by atoms with Gasteiger partial charge >= 0.3 is 6.18 Å². The number of benzene rings is 1. The molecule has 0 bridgehead atoms. The van der Waals surface area contributed by atoms with Crippen molar-refractivity contribution in [1.29, 1.82) is 0 Å². The van der Waals surface area contributed by atoms with Crippen LogP contribution in [-0.2, 0) is 6.18 Å². The Morgan fingerprint density at radius 1 is 1.28 bits per heavy atom. The first kappa shape index (κ1) is 12.0. The maximum absolute atomic E-state index is 12.6. The van der Waals surface area contributed by atoms with Crippen LogP contribution < -0.4 is 0 Å². The quantitative estimate of drug-likeness (QED) is 0.603. The minimum atomic E-state index is -4.80. The summed E-state index contributed by atoms with van der Waals surface area (Å²) < 4.78 is 38.0. The molecular weight excluding hydrogens is 255 g/mol. The topological polar surface area (TPSA) is 86.7 Å². The van der Waals surface area contributed by atoms with Crippen LogP contribution in [0, 0.1) is 10.1 Å². The van der Waals surface area contributed by atoms with Crippen LogP contribution in [0.25, 0.3) is 5.69 Å². The molecule has 0 saturated heterocycles. The zero-order chi connectivity index (χ0) is 13.3. The average molecular weight is 259 g/mol. The molecule has 2 rings (SSSR count). The molecule has 18 heavy (non-hydrogen) atoms. The first-order chi connectivity index (χ1) is 8.41. The number of nitro groups is 1. The highest BCUT2D eigenvalue weighted by molar-refractivity contribution is 5.51. The van der Waals surface area contributed by atoms with Crippen molar-refractivity contribution in [3.63, 3.8) is 0 Å². The lowest BCUT2D eigenvalue weighted by Crippen LogP contribution is -2.15. The molecule has 0 aliphatic carbocycles. The van der Waals surface area contributed by atoms with Crippen LogP contribution in [0.4, 0.5) is 18.9 Å². The minimum absolute atomic E-state index is 0.290. The third kappa shape index (κ3) is 1.99. The van der Waals surface area contributed by atoms with Gasteiger partial charge in [-0.3, -0.25) is 10.1 Å². The molecule has 0 amide bonds. The monoisotopic (exact) mass is 259 g/mol. The molecule has 0 fully saturated rings. The van der Waals surface area contributed by atoms with E-state index in [-0.39, 0.29) is 10.4 Å². The first-order valence-corrected chi connectivity index (χ1v) is 4.50. The zero-order valence-electron chi connectivity index (χ0n) is 8.50. The highest BCUT2D eigenvalue weighted by Crippen LogP contribution is 2.30. The van der Waals surface area contributed by atoms with Gasteiger partial charge in [0.25, 0.3) is 11.5 Å². The van der Waals surface area contributed by atoms with Crippen LogP contribution >= 0.6 is 0 Å². The number of halogens is 3. The van der Waals surface area contributed by atoms with Crippen molar-refractivity contribution in [2.45, 2.75) is 6.18 Å². The number of hydrogen-bond acceptors (Lipinski definition) is 5. The largest absolute Gasteiger partial charge is 0.453 e. The van der Waals surface area contributed by atoms with E-state index < -0.39 is 22.6 Å². The van der Waals surface area contributed by atoms with E-state index in [4.69, 9.17) is 0 Å². The van der Waals surface area contributed by atoms with Crippen LogP contribution in [0.15, 0.2) is 24.3 Å². The summed E-state index contributed by atoms with van der Waals surface area (Å²) in [5.74, 6) is -1.42. The SMILES string of the molecule is O=[N+]([O-])c1ccccc1-n1nnnc1C(F)(F)F. The van der Waals surface area contributed by atoms with Gasteiger partial charge in [0.15, 0.2) is 0 Å². The van der Waals surface area contributed by atoms with Crippen molar-refractivity contribution in [2.75, 3.05) is 0 Å². The third-order valence-corrected chi connectivity index (χ3v) is 2.03. The summed E-state index contributed by atoms with van der Waals surface area (Å²) in [5, 5.41) is 19.6. The molecule has 0 spiro atoms. The van der Waals surface area contributed by atoms with Gasteiger partial charge in [-0.15, -0.1) is 5.10 Å². The third-order valence-electron chi connectivity index (χ3n) is 2.03. The molecule has 1 aromatic heterocycles. The van der Waals surface area contributed by atoms with Crippen molar-refractivity contribution in [2.24, 2.45) is 0 Å². The van der Waals surface area contributed by atoms with E-state index in [1.807, 2.05) is 0 Å². The normalized spacial score (nSPS) is 11.5. The smallest absolute Gasteiger partial charge is 0.258 e. The number of nitrogens with zero attached hydrogens (tertiary/aromatic N) is 5. The molecule has 10 heteroatoms. The number of rotatable bonds is 2. The lowest BCUT2D eigenvalue weighted by molar-refractivity contribution is -0.384. The minimum Gasteiger partial charge on any atom is -0.258 e. The summed E-state index contributed by atoms with van der Waals surface area (Å²) in [6, 6.07) is 4.88. The van der Waals surface area contributed by atoms with Gasteiger partial charge in [0.05, 0.1) is 4.92 Å². The van der Waals surface area contributed by atoms with Crippen LogP contribution in [0.3, 0.4) is 0 Å². The standard InChI is InChI=1S/C8H4F3N5O2/c9-8(10,11)7-12-13-14-15(7)5-3-1-2-4-6(5)16(17)18/h1-4H. The fourth-order valence-corrected chi connectivity index (χ4v) is 1.32. The second-order valence-electron chi connectivity index (χ2n) is 3.16. The van der Waals surface area contributed by atoms with Gasteiger partial charge in [-0.05, 0) is 16.5 Å². The molecule has 94 valence electrons. The van der Waals surface area contributed by atoms with Gasteiger partial charge in [-0.25, -0.2) is 0 Å². The number of aromatic nitrogens is 4. The average Bonchev–Trinajstić information content (AvgIpc) is 2.77. The summed E-state index contributed by atoms with van der Waals surface area (Å²) in [5.41, 5.74) is -0.866.